The van der Waals surface area contributed by atoms with E-state index in [0.717, 1.165) is 19.5 Å². The van der Waals surface area contributed by atoms with E-state index >= 15 is 0 Å². The lowest BCUT2D eigenvalue weighted by Crippen LogP contribution is -2.52. The van der Waals surface area contributed by atoms with Gasteiger partial charge in [-0.25, -0.2) is 0 Å². The van der Waals surface area contributed by atoms with Crippen LogP contribution in [0.25, 0.3) is 0 Å². The number of carbonyl (C=O) groups excluding carboxylic acids is 2. The number of hydrogen-bond donors (Lipinski definition) is 1. The van der Waals surface area contributed by atoms with E-state index in [9.17, 15) is 9.59 Å². The second kappa shape index (κ2) is 6.71. The van der Waals surface area contributed by atoms with Crippen molar-refractivity contribution in [2.75, 3.05) is 32.7 Å². The first-order valence-corrected chi connectivity index (χ1v) is 8.39. The zero-order valence-electron chi connectivity index (χ0n) is 13.9. The van der Waals surface area contributed by atoms with Gasteiger partial charge < -0.3 is 15.1 Å². The molecule has 1 aromatic carbocycles. The first kappa shape index (κ1) is 16.0. The normalized spacial score (nSPS) is 25.0. The number of aryl methyl sites for hydroxylation is 1. The number of carbonyl (C=O) groups is 2. The molecular weight excluding hydrogens is 290 g/mol. The van der Waals surface area contributed by atoms with E-state index in [2.05, 4.69) is 43.4 Å². The molecule has 0 spiro atoms. The molecule has 124 valence electrons. The number of piperazine rings is 1. The Morgan fingerprint density at radius 2 is 2.13 bits per heavy atom. The van der Waals surface area contributed by atoms with Crippen LogP contribution >= 0.6 is 0 Å². The molecule has 2 aliphatic heterocycles. The van der Waals surface area contributed by atoms with E-state index in [-0.39, 0.29) is 24.4 Å². The highest BCUT2D eigenvalue weighted by Crippen LogP contribution is 2.33. The minimum absolute atomic E-state index is 0.0203. The van der Waals surface area contributed by atoms with Crippen LogP contribution in [0.5, 0.6) is 0 Å². The van der Waals surface area contributed by atoms with E-state index in [4.69, 9.17) is 0 Å². The van der Waals surface area contributed by atoms with E-state index in [0.29, 0.717) is 19.0 Å². The highest BCUT2D eigenvalue weighted by molar-refractivity contribution is 5.86. The Kier molecular flexibility index (Phi) is 4.66. The topological polar surface area (TPSA) is 52.7 Å². The molecule has 0 saturated carbocycles. The molecule has 2 aliphatic rings. The Balaban J connectivity index is 1.65. The van der Waals surface area contributed by atoms with Crippen LogP contribution in [0.3, 0.4) is 0 Å². The predicted molar refractivity (Wildman–Crippen MR) is 89.2 cm³/mol. The maximum Gasteiger partial charge on any atom is 0.242 e. The Labute approximate surface area is 137 Å². The summed E-state index contributed by atoms with van der Waals surface area (Å²) in [6, 6.07) is 8.64. The van der Waals surface area contributed by atoms with Crippen molar-refractivity contribution >= 4 is 11.8 Å². The van der Waals surface area contributed by atoms with Crippen LogP contribution in [-0.4, -0.2) is 60.4 Å². The van der Waals surface area contributed by atoms with Crippen LogP contribution in [0.15, 0.2) is 24.3 Å². The molecular formula is C18H25N3O2. The van der Waals surface area contributed by atoms with Crippen molar-refractivity contribution in [3.8, 4) is 0 Å². The molecule has 2 heterocycles. The zero-order chi connectivity index (χ0) is 16.4. The fourth-order valence-electron chi connectivity index (χ4n) is 3.72. The number of hydrogen-bond acceptors (Lipinski definition) is 3. The van der Waals surface area contributed by atoms with E-state index in [1.165, 1.54) is 11.1 Å². The van der Waals surface area contributed by atoms with Gasteiger partial charge in [0.1, 0.15) is 0 Å². The molecule has 2 fully saturated rings. The Bertz CT molecular complexity index is 602. The van der Waals surface area contributed by atoms with E-state index in [1.807, 2.05) is 4.90 Å². The molecule has 0 aliphatic carbocycles. The maximum absolute atomic E-state index is 12.6. The zero-order valence-corrected chi connectivity index (χ0v) is 13.9. The van der Waals surface area contributed by atoms with E-state index in [1.54, 1.807) is 4.90 Å². The van der Waals surface area contributed by atoms with Crippen LogP contribution in [0, 0.1) is 6.92 Å². The summed E-state index contributed by atoms with van der Waals surface area (Å²) in [5.41, 5.74) is 2.63. The molecule has 1 aromatic rings. The molecule has 2 unspecified atom stereocenters. The van der Waals surface area contributed by atoms with Crippen LogP contribution in [0.2, 0.25) is 0 Å². The van der Waals surface area contributed by atoms with Crippen molar-refractivity contribution in [2.45, 2.75) is 32.2 Å². The number of benzene rings is 1. The first-order chi connectivity index (χ1) is 11.1. The molecule has 2 amide bonds. The molecule has 3 rings (SSSR count). The monoisotopic (exact) mass is 315 g/mol. The molecule has 5 nitrogen and oxygen atoms in total. The number of likely N-dealkylation sites (tertiary alicyclic amines) is 1. The lowest BCUT2D eigenvalue weighted by molar-refractivity contribution is -0.141. The van der Waals surface area contributed by atoms with Gasteiger partial charge in [-0.15, -0.1) is 0 Å². The van der Waals surface area contributed by atoms with E-state index < -0.39 is 0 Å². The van der Waals surface area contributed by atoms with Crippen molar-refractivity contribution in [3.63, 3.8) is 0 Å². The molecule has 2 saturated heterocycles. The number of rotatable bonds is 3. The summed E-state index contributed by atoms with van der Waals surface area (Å²) in [5.74, 6) is 0.490. The smallest absolute Gasteiger partial charge is 0.242 e. The Hall–Kier alpha value is -1.88. The van der Waals surface area contributed by atoms with Crippen molar-refractivity contribution in [3.05, 3.63) is 35.4 Å². The van der Waals surface area contributed by atoms with Gasteiger partial charge in [0.15, 0.2) is 0 Å². The number of nitrogens with zero attached hydrogens (tertiary/aromatic N) is 2. The van der Waals surface area contributed by atoms with Gasteiger partial charge in [-0.3, -0.25) is 9.59 Å². The van der Waals surface area contributed by atoms with Crippen LogP contribution < -0.4 is 5.32 Å². The summed E-state index contributed by atoms with van der Waals surface area (Å²) in [7, 11) is 0. The SMILES string of the molecule is Cc1ccccc1C1CC(C)N(C(=O)CN2CCNCC2=O)C1. The maximum atomic E-state index is 12.6. The second-order valence-corrected chi connectivity index (χ2v) is 6.68. The molecule has 1 N–H and O–H groups in total. The molecule has 0 aromatic heterocycles. The standard InChI is InChI=1S/C18H25N3O2/c1-13-5-3-4-6-16(13)15-9-14(2)21(11-15)18(23)12-20-8-7-19-10-17(20)22/h3-6,14-15,19H,7-12H2,1-2H3. The van der Waals surface area contributed by atoms with Gasteiger partial charge in [0.25, 0.3) is 0 Å². The third-order valence-electron chi connectivity index (χ3n) is 5.04. The third kappa shape index (κ3) is 3.39. The van der Waals surface area contributed by atoms with Crippen molar-refractivity contribution in [1.82, 2.24) is 15.1 Å². The molecule has 5 heteroatoms. The molecule has 23 heavy (non-hydrogen) atoms. The lowest BCUT2D eigenvalue weighted by atomic mass is 9.93. The van der Waals surface area contributed by atoms with Crippen molar-refractivity contribution in [2.24, 2.45) is 0 Å². The lowest BCUT2D eigenvalue weighted by Gasteiger charge is -2.30. The summed E-state index contributed by atoms with van der Waals surface area (Å²) in [4.78, 5) is 28.1. The average molecular weight is 315 g/mol. The highest BCUT2D eigenvalue weighted by atomic mass is 16.2. The average Bonchev–Trinajstić information content (AvgIpc) is 2.92. The fraction of sp³-hybridized carbons (Fsp3) is 0.556. The second-order valence-electron chi connectivity index (χ2n) is 6.68. The summed E-state index contributed by atoms with van der Waals surface area (Å²) in [6.45, 7) is 6.93. The minimum Gasteiger partial charge on any atom is -0.338 e. The number of nitrogens with one attached hydrogen (secondary N) is 1. The van der Waals surface area contributed by atoms with Gasteiger partial charge in [0.05, 0.1) is 13.1 Å². The third-order valence-corrected chi connectivity index (χ3v) is 5.04. The number of amides is 2. The van der Waals surface area contributed by atoms with Crippen LogP contribution in [-0.2, 0) is 9.59 Å². The summed E-state index contributed by atoms with van der Waals surface area (Å²) in [5, 5.41) is 3.03. The van der Waals surface area contributed by atoms with Crippen molar-refractivity contribution < 1.29 is 9.59 Å². The van der Waals surface area contributed by atoms with Gasteiger partial charge in [0.2, 0.25) is 11.8 Å². The quantitative estimate of drug-likeness (QED) is 0.910. The summed E-state index contributed by atoms with van der Waals surface area (Å²) >= 11 is 0. The minimum atomic E-state index is 0.0203. The summed E-state index contributed by atoms with van der Waals surface area (Å²) in [6.07, 6.45) is 0.992. The largest absolute Gasteiger partial charge is 0.338 e. The van der Waals surface area contributed by atoms with Gasteiger partial charge in [-0.1, -0.05) is 24.3 Å². The van der Waals surface area contributed by atoms with Gasteiger partial charge in [-0.05, 0) is 31.4 Å². The first-order valence-electron chi connectivity index (χ1n) is 8.39. The fourth-order valence-corrected chi connectivity index (χ4v) is 3.72. The molecule has 0 bridgehead atoms. The molecule has 2 atom stereocenters. The highest BCUT2D eigenvalue weighted by Gasteiger charge is 2.34. The Morgan fingerprint density at radius 1 is 1.35 bits per heavy atom. The van der Waals surface area contributed by atoms with Crippen LogP contribution in [0.4, 0.5) is 0 Å². The van der Waals surface area contributed by atoms with Gasteiger partial charge >= 0.3 is 0 Å². The van der Waals surface area contributed by atoms with Gasteiger partial charge in [0, 0.05) is 31.6 Å². The Morgan fingerprint density at radius 3 is 2.87 bits per heavy atom. The van der Waals surface area contributed by atoms with Crippen molar-refractivity contribution in [1.29, 1.82) is 0 Å². The predicted octanol–water partition coefficient (Wildman–Crippen LogP) is 1.13. The van der Waals surface area contributed by atoms with Gasteiger partial charge in [-0.2, -0.15) is 0 Å². The summed E-state index contributed by atoms with van der Waals surface area (Å²) < 4.78 is 0. The van der Waals surface area contributed by atoms with Crippen LogP contribution in [0.1, 0.15) is 30.4 Å². The molecule has 0 radical (unpaired) electrons.